The summed E-state index contributed by atoms with van der Waals surface area (Å²) < 4.78 is 3.89. The highest BCUT2D eigenvalue weighted by molar-refractivity contribution is 5.45. The molecule has 0 amide bonds. The first-order valence-corrected chi connectivity index (χ1v) is 5.84. The van der Waals surface area contributed by atoms with Crippen molar-refractivity contribution >= 4 is 5.69 Å². The zero-order valence-electron chi connectivity index (χ0n) is 10.8. The van der Waals surface area contributed by atoms with Gasteiger partial charge >= 0.3 is 0 Å². The third-order valence-corrected chi connectivity index (χ3v) is 2.94. The van der Waals surface area contributed by atoms with Gasteiger partial charge in [0.2, 0.25) is 0 Å². The molecule has 0 bridgehead atoms. The highest BCUT2D eigenvalue weighted by Gasteiger charge is 2.07. The van der Waals surface area contributed by atoms with E-state index >= 15 is 0 Å². The molecule has 0 aliphatic rings. The zero-order valence-corrected chi connectivity index (χ0v) is 10.8. The Morgan fingerprint density at radius 1 is 1.35 bits per heavy atom. The first kappa shape index (κ1) is 11.7. The molecule has 2 aromatic heterocycles. The number of hydrogen-bond donors (Lipinski definition) is 1. The molecule has 5 nitrogen and oxygen atoms in total. The minimum atomic E-state index is 0.386. The second-order valence-corrected chi connectivity index (χ2v) is 4.48. The van der Waals surface area contributed by atoms with Crippen molar-refractivity contribution in [3.63, 3.8) is 0 Å². The van der Waals surface area contributed by atoms with Crippen LogP contribution in [0.15, 0.2) is 18.5 Å². The lowest BCUT2D eigenvalue weighted by Gasteiger charge is -2.12. The van der Waals surface area contributed by atoms with E-state index in [4.69, 9.17) is 0 Å². The molecule has 0 spiro atoms. The van der Waals surface area contributed by atoms with E-state index < -0.39 is 0 Å². The second-order valence-electron chi connectivity index (χ2n) is 4.48. The first-order valence-electron chi connectivity index (χ1n) is 5.84. The van der Waals surface area contributed by atoms with Crippen LogP contribution in [0.25, 0.3) is 0 Å². The molecular formula is C12H19N5. The standard InChI is InChI=1S/C12H19N5/c1-9(2)17-11(5-6-14-17)7-13-12-8-15-16(4)10(12)3/h5-6,8-9,13H,7H2,1-4H3. The summed E-state index contributed by atoms with van der Waals surface area (Å²) in [7, 11) is 1.94. The fourth-order valence-corrected chi connectivity index (χ4v) is 1.80. The van der Waals surface area contributed by atoms with Crippen molar-refractivity contribution in [2.24, 2.45) is 7.05 Å². The predicted octanol–water partition coefficient (Wildman–Crippen LogP) is 2.12. The van der Waals surface area contributed by atoms with Gasteiger partial charge in [0.15, 0.2) is 0 Å². The summed E-state index contributed by atoms with van der Waals surface area (Å²) in [6.07, 6.45) is 3.69. The lowest BCUT2D eigenvalue weighted by atomic mass is 10.3. The van der Waals surface area contributed by atoms with Gasteiger partial charge in [-0.05, 0) is 26.8 Å². The molecule has 1 N–H and O–H groups in total. The Balaban J connectivity index is 2.07. The fraction of sp³-hybridized carbons (Fsp3) is 0.500. The summed E-state index contributed by atoms with van der Waals surface area (Å²) in [5.41, 5.74) is 3.40. The summed E-state index contributed by atoms with van der Waals surface area (Å²) in [6, 6.07) is 2.43. The van der Waals surface area contributed by atoms with Gasteiger partial charge in [-0.1, -0.05) is 0 Å². The van der Waals surface area contributed by atoms with Gasteiger partial charge in [0.25, 0.3) is 0 Å². The predicted molar refractivity (Wildman–Crippen MR) is 67.9 cm³/mol. The average Bonchev–Trinajstić information content (AvgIpc) is 2.86. The molecule has 2 rings (SSSR count). The largest absolute Gasteiger partial charge is 0.377 e. The highest BCUT2D eigenvalue weighted by Crippen LogP contribution is 2.15. The van der Waals surface area contributed by atoms with E-state index in [1.165, 1.54) is 5.69 Å². The van der Waals surface area contributed by atoms with Crippen LogP contribution < -0.4 is 5.32 Å². The Kier molecular flexibility index (Phi) is 3.17. The lowest BCUT2D eigenvalue weighted by molar-refractivity contribution is 0.512. The van der Waals surface area contributed by atoms with Gasteiger partial charge in [-0.25, -0.2) is 0 Å². The molecule has 0 radical (unpaired) electrons. The molecule has 2 heterocycles. The van der Waals surface area contributed by atoms with Crippen LogP contribution in [0.4, 0.5) is 5.69 Å². The molecule has 0 aliphatic carbocycles. The van der Waals surface area contributed by atoms with Gasteiger partial charge in [-0.3, -0.25) is 9.36 Å². The van der Waals surface area contributed by atoms with Gasteiger partial charge in [0.1, 0.15) is 0 Å². The average molecular weight is 233 g/mol. The van der Waals surface area contributed by atoms with Crippen molar-refractivity contribution < 1.29 is 0 Å². The number of aryl methyl sites for hydroxylation is 1. The van der Waals surface area contributed by atoms with Crippen molar-refractivity contribution in [1.82, 2.24) is 19.6 Å². The summed E-state index contributed by atoms with van der Waals surface area (Å²) in [5, 5.41) is 11.9. The van der Waals surface area contributed by atoms with E-state index in [1.54, 1.807) is 0 Å². The Morgan fingerprint density at radius 2 is 2.12 bits per heavy atom. The fourth-order valence-electron chi connectivity index (χ4n) is 1.80. The molecule has 0 aromatic carbocycles. The maximum atomic E-state index is 4.31. The number of hydrogen-bond acceptors (Lipinski definition) is 3. The van der Waals surface area contributed by atoms with E-state index in [0.717, 1.165) is 17.9 Å². The lowest BCUT2D eigenvalue weighted by Crippen LogP contribution is -2.11. The number of aromatic nitrogens is 4. The molecule has 5 heteroatoms. The normalized spacial score (nSPS) is 11.1. The summed E-state index contributed by atoms with van der Waals surface area (Å²) >= 11 is 0. The topological polar surface area (TPSA) is 47.7 Å². The molecule has 0 saturated carbocycles. The Morgan fingerprint density at radius 3 is 2.71 bits per heavy atom. The number of nitrogens with zero attached hydrogens (tertiary/aromatic N) is 4. The third-order valence-electron chi connectivity index (χ3n) is 2.94. The van der Waals surface area contributed by atoms with Gasteiger partial charge < -0.3 is 5.32 Å². The smallest absolute Gasteiger partial charge is 0.0759 e. The second kappa shape index (κ2) is 4.61. The van der Waals surface area contributed by atoms with E-state index in [0.29, 0.717) is 6.04 Å². The van der Waals surface area contributed by atoms with Crippen LogP contribution in [0.2, 0.25) is 0 Å². The summed E-state index contributed by atoms with van der Waals surface area (Å²) in [5.74, 6) is 0. The van der Waals surface area contributed by atoms with Crippen molar-refractivity contribution in [2.75, 3.05) is 5.32 Å². The molecule has 0 atom stereocenters. The SMILES string of the molecule is Cc1c(NCc2ccnn2C(C)C)cnn1C. The maximum Gasteiger partial charge on any atom is 0.0759 e. The van der Waals surface area contributed by atoms with Crippen molar-refractivity contribution in [3.05, 3.63) is 29.8 Å². The Bertz CT molecular complexity index is 495. The number of anilines is 1. The van der Waals surface area contributed by atoms with Crippen LogP contribution in [0.1, 0.15) is 31.3 Å². The van der Waals surface area contributed by atoms with Crippen molar-refractivity contribution in [3.8, 4) is 0 Å². The van der Waals surface area contributed by atoms with Crippen LogP contribution in [0.3, 0.4) is 0 Å². The van der Waals surface area contributed by atoms with Gasteiger partial charge in [0, 0.05) is 19.3 Å². The number of nitrogens with one attached hydrogen (secondary N) is 1. The molecule has 92 valence electrons. The van der Waals surface area contributed by atoms with Crippen LogP contribution in [0.5, 0.6) is 0 Å². The molecule has 0 fully saturated rings. The first-order chi connectivity index (χ1) is 8.09. The zero-order chi connectivity index (χ0) is 12.4. The van der Waals surface area contributed by atoms with E-state index in [9.17, 15) is 0 Å². The molecule has 2 aromatic rings. The van der Waals surface area contributed by atoms with Crippen molar-refractivity contribution in [1.29, 1.82) is 0 Å². The molecule has 0 saturated heterocycles. The van der Waals surface area contributed by atoms with E-state index in [2.05, 4.69) is 36.3 Å². The van der Waals surface area contributed by atoms with Crippen LogP contribution in [-0.4, -0.2) is 19.6 Å². The van der Waals surface area contributed by atoms with Gasteiger partial charge in [-0.2, -0.15) is 10.2 Å². The molecule has 17 heavy (non-hydrogen) atoms. The van der Waals surface area contributed by atoms with Gasteiger partial charge in [-0.15, -0.1) is 0 Å². The maximum absolute atomic E-state index is 4.31. The third kappa shape index (κ3) is 2.33. The summed E-state index contributed by atoms with van der Waals surface area (Å²) in [6.45, 7) is 7.08. The highest BCUT2D eigenvalue weighted by atomic mass is 15.3. The van der Waals surface area contributed by atoms with Gasteiger partial charge in [0.05, 0.1) is 29.8 Å². The van der Waals surface area contributed by atoms with Crippen LogP contribution in [0, 0.1) is 6.92 Å². The quantitative estimate of drug-likeness (QED) is 0.880. The van der Waals surface area contributed by atoms with Crippen LogP contribution >= 0.6 is 0 Å². The Hall–Kier alpha value is -1.78. The Labute approximate surface area is 101 Å². The minimum absolute atomic E-state index is 0.386. The monoisotopic (exact) mass is 233 g/mol. The van der Waals surface area contributed by atoms with Crippen molar-refractivity contribution in [2.45, 2.75) is 33.4 Å². The molecule has 0 unspecified atom stereocenters. The molecule has 0 aliphatic heterocycles. The molecular weight excluding hydrogens is 214 g/mol. The summed E-state index contributed by atoms with van der Waals surface area (Å²) in [4.78, 5) is 0. The van der Waals surface area contributed by atoms with E-state index in [-0.39, 0.29) is 0 Å². The van der Waals surface area contributed by atoms with Crippen LogP contribution in [-0.2, 0) is 13.6 Å². The number of rotatable bonds is 4. The minimum Gasteiger partial charge on any atom is -0.377 e. The van der Waals surface area contributed by atoms with E-state index in [1.807, 2.05) is 34.9 Å².